The fourth-order valence-corrected chi connectivity index (χ4v) is 3.49. The van der Waals surface area contributed by atoms with Crippen molar-refractivity contribution < 1.29 is 14.3 Å². The zero-order valence-corrected chi connectivity index (χ0v) is 12.5. The molecule has 19 heavy (non-hydrogen) atoms. The van der Waals surface area contributed by atoms with Gasteiger partial charge in [-0.15, -0.1) is 0 Å². The minimum atomic E-state index is -0.610. The molecule has 0 radical (unpaired) electrons. The Bertz CT molecular complexity index is 471. The van der Waals surface area contributed by atoms with Gasteiger partial charge in [0.15, 0.2) is 0 Å². The number of hydrogen-bond acceptors (Lipinski definition) is 4. The van der Waals surface area contributed by atoms with Crippen molar-refractivity contribution in [2.45, 2.75) is 52.1 Å². The molecule has 1 aromatic heterocycles. The van der Waals surface area contributed by atoms with Crippen molar-refractivity contribution in [2.24, 2.45) is 5.92 Å². The van der Waals surface area contributed by atoms with Crippen LogP contribution < -0.4 is 0 Å². The number of carbonyl (C=O) groups excluding carboxylic acids is 2. The maximum atomic E-state index is 11.7. The summed E-state index contributed by atoms with van der Waals surface area (Å²) in [6.07, 6.45) is 1.87. The lowest BCUT2D eigenvalue weighted by atomic mass is 9.78. The molecule has 1 unspecified atom stereocenters. The second-order valence-corrected chi connectivity index (χ2v) is 6.41. The Labute approximate surface area is 118 Å². The van der Waals surface area contributed by atoms with Gasteiger partial charge >= 0.3 is 5.97 Å². The number of cyclic esters (lactones) is 1. The highest BCUT2D eigenvalue weighted by molar-refractivity contribution is 7.08. The van der Waals surface area contributed by atoms with Crippen LogP contribution >= 0.6 is 11.3 Å². The van der Waals surface area contributed by atoms with Crippen LogP contribution in [0.1, 0.15) is 44.2 Å². The number of esters is 1. The first-order valence-corrected chi connectivity index (χ1v) is 7.62. The molecule has 0 aromatic carbocycles. The largest absolute Gasteiger partial charge is 0.458 e. The average molecular weight is 280 g/mol. The molecule has 0 amide bonds. The maximum Gasteiger partial charge on any atom is 0.313 e. The quantitative estimate of drug-likeness (QED) is 0.628. The fourth-order valence-electron chi connectivity index (χ4n) is 2.60. The van der Waals surface area contributed by atoms with E-state index in [2.05, 4.69) is 17.7 Å². The second-order valence-electron chi connectivity index (χ2n) is 5.67. The molecule has 2 heterocycles. The highest BCUT2D eigenvalue weighted by Gasteiger charge is 2.43. The van der Waals surface area contributed by atoms with Crippen molar-refractivity contribution in [3.05, 3.63) is 21.9 Å². The first-order chi connectivity index (χ1) is 8.93. The number of ether oxygens (including phenoxy) is 1. The molecule has 0 bridgehead atoms. The number of ketones is 1. The summed E-state index contributed by atoms with van der Waals surface area (Å²) in [7, 11) is 0. The summed E-state index contributed by atoms with van der Waals surface area (Å²) >= 11 is 1.69. The van der Waals surface area contributed by atoms with E-state index in [0.717, 1.165) is 12.8 Å². The first-order valence-electron chi connectivity index (χ1n) is 6.68. The Kier molecular flexibility index (Phi) is 4.09. The summed E-state index contributed by atoms with van der Waals surface area (Å²) in [4.78, 5) is 23.3. The Morgan fingerprint density at radius 2 is 2.11 bits per heavy atom. The van der Waals surface area contributed by atoms with Gasteiger partial charge < -0.3 is 4.74 Å². The van der Waals surface area contributed by atoms with Gasteiger partial charge in [0.25, 0.3) is 0 Å². The van der Waals surface area contributed by atoms with E-state index in [1.165, 1.54) is 11.1 Å². The predicted octanol–water partition coefficient (Wildman–Crippen LogP) is 3.29. The monoisotopic (exact) mass is 280 g/mol. The molecule has 1 aliphatic heterocycles. The van der Waals surface area contributed by atoms with Gasteiger partial charge in [0.2, 0.25) is 0 Å². The van der Waals surface area contributed by atoms with E-state index in [0.29, 0.717) is 6.42 Å². The van der Waals surface area contributed by atoms with Gasteiger partial charge in [-0.1, -0.05) is 13.8 Å². The number of thiophene rings is 1. The van der Waals surface area contributed by atoms with Crippen LogP contribution in [-0.2, 0) is 20.7 Å². The standard InChI is InChI=1S/C15H20O3S/c1-10(2)15(7-13(16)6-14(17)18-15)5-4-12-9-19-8-11(12)3/h8-10H,4-7H2,1-3H3. The van der Waals surface area contributed by atoms with Crippen LogP contribution in [-0.4, -0.2) is 17.4 Å². The summed E-state index contributed by atoms with van der Waals surface area (Å²) in [6.45, 7) is 6.13. The van der Waals surface area contributed by atoms with Gasteiger partial charge in [-0.05, 0) is 47.6 Å². The van der Waals surface area contributed by atoms with Crippen molar-refractivity contribution in [1.82, 2.24) is 0 Å². The summed E-state index contributed by atoms with van der Waals surface area (Å²) in [6, 6.07) is 0. The van der Waals surface area contributed by atoms with E-state index in [1.54, 1.807) is 11.3 Å². The number of hydrogen-bond donors (Lipinski definition) is 0. The van der Waals surface area contributed by atoms with E-state index in [1.807, 2.05) is 13.8 Å². The molecule has 0 N–H and O–H groups in total. The third-order valence-electron chi connectivity index (χ3n) is 3.99. The Morgan fingerprint density at radius 3 is 2.63 bits per heavy atom. The van der Waals surface area contributed by atoms with E-state index in [-0.39, 0.29) is 24.1 Å². The van der Waals surface area contributed by atoms with Crippen molar-refractivity contribution >= 4 is 23.1 Å². The molecule has 4 heteroatoms. The van der Waals surface area contributed by atoms with Crippen LogP contribution in [0.5, 0.6) is 0 Å². The summed E-state index contributed by atoms with van der Waals surface area (Å²) in [5.74, 6) is -0.210. The topological polar surface area (TPSA) is 43.4 Å². The molecule has 1 fully saturated rings. The number of aryl methyl sites for hydroxylation is 2. The second kappa shape index (κ2) is 5.45. The van der Waals surface area contributed by atoms with Crippen LogP contribution in [0.4, 0.5) is 0 Å². The molecular formula is C15H20O3S. The molecule has 0 aliphatic carbocycles. The number of rotatable bonds is 4. The molecule has 2 rings (SSSR count). The molecule has 3 nitrogen and oxygen atoms in total. The van der Waals surface area contributed by atoms with Crippen molar-refractivity contribution in [1.29, 1.82) is 0 Å². The minimum absolute atomic E-state index is 0.00647. The minimum Gasteiger partial charge on any atom is -0.458 e. The van der Waals surface area contributed by atoms with E-state index in [9.17, 15) is 9.59 Å². The molecule has 1 atom stereocenters. The zero-order chi connectivity index (χ0) is 14.0. The van der Waals surface area contributed by atoms with Crippen LogP contribution in [0.25, 0.3) is 0 Å². The smallest absolute Gasteiger partial charge is 0.313 e. The summed E-state index contributed by atoms with van der Waals surface area (Å²) in [5.41, 5.74) is 1.96. The molecule has 0 saturated carbocycles. The van der Waals surface area contributed by atoms with Gasteiger partial charge in [-0.3, -0.25) is 9.59 Å². The number of carbonyl (C=O) groups is 2. The normalized spacial score (nSPS) is 23.8. The fraction of sp³-hybridized carbons (Fsp3) is 0.600. The first kappa shape index (κ1) is 14.3. The van der Waals surface area contributed by atoms with Crippen molar-refractivity contribution in [2.75, 3.05) is 0 Å². The van der Waals surface area contributed by atoms with Gasteiger partial charge in [0, 0.05) is 6.42 Å². The van der Waals surface area contributed by atoms with Crippen LogP contribution in [0.3, 0.4) is 0 Å². The Balaban J connectivity index is 2.14. The van der Waals surface area contributed by atoms with Crippen LogP contribution in [0.15, 0.2) is 10.8 Å². The Hall–Kier alpha value is -1.16. The van der Waals surface area contributed by atoms with Gasteiger partial charge in [-0.25, -0.2) is 0 Å². The summed E-state index contributed by atoms with van der Waals surface area (Å²) < 4.78 is 5.59. The maximum absolute atomic E-state index is 11.7. The van der Waals surface area contributed by atoms with Crippen molar-refractivity contribution in [3.8, 4) is 0 Å². The van der Waals surface area contributed by atoms with Crippen LogP contribution in [0.2, 0.25) is 0 Å². The zero-order valence-electron chi connectivity index (χ0n) is 11.7. The third-order valence-corrected chi connectivity index (χ3v) is 4.90. The SMILES string of the molecule is Cc1cscc1CCC1(C(C)C)CC(=O)CC(=O)O1. The van der Waals surface area contributed by atoms with E-state index >= 15 is 0 Å². The van der Waals surface area contributed by atoms with E-state index in [4.69, 9.17) is 4.74 Å². The van der Waals surface area contributed by atoms with Crippen LogP contribution in [0, 0.1) is 12.8 Å². The van der Waals surface area contributed by atoms with E-state index < -0.39 is 5.60 Å². The molecule has 104 valence electrons. The van der Waals surface area contributed by atoms with Gasteiger partial charge in [0.1, 0.15) is 17.8 Å². The van der Waals surface area contributed by atoms with Crippen molar-refractivity contribution in [3.63, 3.8) is 0 Å². The molecule has 1 aromatic rings. The molecule has 0 spiro atoms. The Morgan fingerprint density at radius 1 is 1.37 bits per heavy atom. The molecule has 1 saturated heterocycles. The number of Topliss-reactive ketones (excluding diaryl/α,β-unsaturated/α-hetero) is 1. The lowest BCUT2D eigenvalue weighted by Crippen LogP contribution is -2.47. The predicted molar refractivity (Wildman–Crippen MR) is 75.3 cm³/mol. The lowest BCUT2D eigenvalue weighted by Gasteiger charge is -2.39. The average Bonchev–Trinajstić information content (AvgIpc) is 2.71. The van der Waals surface area contributed by atoms with Gasteiger partial charge in [0.05, 0.1) is 0 Å². The third kappa shape index (κ3) is 3.06. The molecular weight excluding hydrogens is 260 g/mol. The molecule has 1 aliphatic rings. The highest BCUT2D eigenvalue weighted by atomic mass is 32.1. The van der Waals surface area contributed by atoms with Gasteiger partial charge in [-0.2, -0.15) is 11.3 Å². The summed E-state index contributed by atoms with van der Waals surface area (Å²) in [5, 5.41) is 4.26. The lowest BCUT2D eigenvalue weighted by molar-refractivity contribution is -0.177. The highest BCUT2D eigenvalue weighted by Crippen LogP contribution is 2.36.